The molecule has 0 aliphatic carbocycles. The van der Waals surface area contributed by atoms with Crippen molar-refractivity contribution in [3.05, 3.63) is 157 Å². The molecule has 6 aromatic rings. The van der Waals surface area contributed by atoms with E-state index in [-0.39, 0.29) is 5.91 Å². The predicted molar refractivity (Wildman–Crippen MR) is 165 cm³/mol. The van der Waals surface area contributed by atoms with E-state index >= 15 is 0 Å². The molecule has 0 aliphatic heterocycles. The van der Waals surface area contributed by atoms with Crippen molar-refractivity contribution >= 4 is 5.91 Å². The van der Waals surface area contributed by atoms with Crippen LogP contribution >= 0.6 is 0 Å². The van der Waals surface area contributed by atoms with Gasteiger partial charge in [-0.3, -0.25) is 10.2 Å². The van der Waals surface area contributed by atoms with Gasteiger partial charge in [-0.25, -0.2) is 5.84 Å². The van der Waals surface area contributed by atoms with Crippen LogP contribution in [0.2, 0.25) is 0 Å². The second kappa shape index (κ2) is 11.2. The summed E-state index contributed by atoms with van der Waals surface area (Å²) in [5, 5.41) is 0. The summed E-state index contributed by atoms with van der Waals surface area (Å²) in [5.41, 5.74) is 14.0. The van der Waals surface area contributed by atoms with E-state index in [0.717, 1.165) is 55.6 Å². The summed E-state index contributed by atoms with van der Waals surface area (Å²) >= 11 is 0. The maximum atomic E-state index is 12.3. The number of nitrogens with two attached hydrogens (primary N) is 1. The standard InChI is InChI=1S/C37H28N2O/c38-39-37(40)31-23-21-30(22-24-31)36-34(28-17-9-3-10-18-28)32(26-13-5-1-6-14-26)25-33(27-15-7-2-8-16-27)35(36)29-19-11-4-12-20-29/h1-25H,38H2,(H,39,40). The highest BCUT2D eigenvalue weighted by Gasteiger charge is 2.23. The zero-order valence-electron chi connectivity index (χ0n) is 21.9. The van der Waals surface area contributed by atoms with E-state index in [2.05, 4.69) is 109 Å². The maximum absolute atomic E-state index is 12.3. The van der Waals surface area contributed by atoms with Crippen LogP contribution in [0.1, 0.15) is 10.4 Å². The first-order valence-corrected chi connectivity index (χ1v) is 13.3. The van der Waals surface area contributed by atoms with Gasteiger partial charge in [0.05, 0.1) is 0 Å². The van der Waals surface area contributed by atoms with Crippen LogP contribution in [0.4, 0.5) is 0 Å². The lowest BCUT2D eigenvalue weighted by Gasteiger charge is -2.24. The molecule has 40 heavy (non-hydrogen) atoms. The first-order chi connectivity index (χ1) is 19.7. The molecule has 3 nitrogen and oxygen atoms in total. The molecule has 0 heterocycles. The Kier molecular flexibility index (Phi) is 7.04. The number of hydrogen-bond donors (Lipinski definition) is 2. The van der Waals surface area contributed by atoms with Gasteiger partial charge >= 0.3 is 0 Å². The van der Waals surface area contributed by atoms with Crippen molar-refractivity contribution in [1.29, 1.82) is 0 Å². The van der Waals surface area contributed by atoms with Gasteiger partial charge < -0.3 is 0 Å². The van der Waals surface area contributed by atoms with Gasteiger partial charge in [-0.15, -0.1) is 0 Å². The lowest BCUT2D eigenvalue weighted by molar-refractivity contribution is 0.0953. The fourth-order valence-corrected chi connectivity index (χ4v) is 5.34. The number of rotatable bonds is 6. The molecular formula is C37H28N2O. The van der Waals surface area contributed by atoms with Gasteiger partial charge in [-0.1, -0.05) is 133 Å². The molecule has 6 rings (SSSR count). The predicted octanol–water partition coefficient (Wildman–Crippen LogP) is 8.63. The maximum Gasteiger partial charge on any atom is 0.265 e. The van der Waals surface area contributed by atoms with Crippen molar-refractivity contribution in [2.75, 3.05) is 0 Å². The van der Waals surface area contributed by atoms with Crippen molar-refractivity contribution in [3.63, 3.8) is 0 Å². The van der Waals surface area contributed by atoms with Gasteiger partial charge in [0.15, 0.2) is 0 Å². The minimum atomic E-state index is -0.318. The van der Waals surface area contributed by atoms with E-state index in [9.17, 15) is 4.79 Å². The van der Waals surface area contributed by atoms with Crippen LogP contribution < -0.4 is 11.3 Å². The lowest BCUT2D eigenvalue weighted by atomic mass is 9.79. The van der Waals surface area contributed by atoms with Gasteiger partial charge in [0.1, 0.15) is 0 Å². The van der Waals surface area contributed by atoms with E-state index in [0.29, 0.717) is 5.56 Å². The molecule has 0 unspecified atom stereocenters. The number of carbonyl (C=O) groups is 1. The number of nitrogen functional groups attached to an aromatic ring is 1. The molecule has 6 aromatic carbocycles. The van der Waals surface area contributed by atoms with Gasteiger partial charge in [0.25, 0.3) is 5.91 Å². The van der Waals surface area contributed by atoms with Gasteiger partial charge in [0.2, 0.25) is 0 Å². The van der Waals surface area contributed by atoms with Crippen LogP contribution in [0.25, 0.3) is 55.6 Å². The molecule has 0 radical (unpaired) electrons. The van der Waals surface area contributed by atoms with Crippen LogP contribution in [0.5, 0.6) is 0 Å². The molecular weight excluding hydrogens is 488 g/mol. The lowest BCUT2D eigenvalue weighted by Crippen LogP contribution is -2.29. The summed E-state index contributed by atoms with van der Waals surface area (Å²) in [4.78, 5) is 12.3. The van der Waals surface area contributed by atoms with Crippen LogP contribution in [-0.4, -0.2) is 5.91 Å². The molecule has 1 amide bonds. The Morgan fingerprint density at radius 3 is 1.15 bits per heavy atom. The number of hydrogen-bond acceptors (Lipinski definition) is 2. The minimum Gasteiger partial charge on any atom is -0.290 e. The Morgan fingerprint density at radius 1 is 0.425 bits per heavy atom. The molecule has 0 saturated heterocycles. The average molecular weight is 517 g/mol. The Labute approximate surface area is 234 Å². The minimum absolute atomic E-state index is 0.318. The van der Waals surface area contributed by atoms with Gasteiger partial charge in [-0.05, 0) is 73.8 Å². The largest absolute Gasteiger partial charge is 0.290 e. The van der Waals surface area contributed by atoms with E-state index in [1.54, 1.807) is 0 Å². The highest BCUT2D eigenvalue weighted by molar-refractivity contribution is 6.07. The fraction of sp³-hybridized carbons (Fsp3) is 0. The zero-order valence-corrected chi connectivity index (χ0v) is 21.9. The van der Waals surface area contributed by atoms with Crippen molar-refractivity contribution in [1.82, 2.24) is 5.43 Å². The molecule has 3 heteroatoms. The Balaban J connectivity index is 1.80. The first-order valence-electron chi connectivity index (χ1n) is 13.3. The van der Waals surface area contributed by atoms with E-state index in [4.69, 9.17) is 5.84 Å². The third-order valence-electron chi connectivity index (χ3n) is 7.19. The van der Waals surface area contributed by atoms with E-state index in [1.807, 2.05) is 48.5 Å². The second-order valence-corrected chi connectivity index (χ2v) is 9.61. The molecule has 0 spiro atoms. The Bertz CT molecular complexity index is 1650. The van der Waals surface area contributed by atoms with Crippen molar-refractivity contribution < 1.29 is 4.79 Å². The molecule has 0 aromatic heterocycles. The molecule has 192 valence electrons. The van der Waals surface area contributed by atoms with Crippen LogP contribution in [-0.2, 0) is 0 Å². The Morgan fingerprint density at radius 2 is 0.775 bits per heavy atom. The van der Waals surface area contributed by atoms with Crippen LogP contribution in [0.15, 0.2) is 152 Å². The highest BCUT2D eigenvalue weighted by atomic mass is 16.2. The summed E-state index contributed by atoms with van der Waals surface area (Å²) in [7, 11) is 0. The second-order valence-electron chi connectivity index (χ2n) is 9.61. The molecule has 3 N–H and O–H groups in total. The van der Waals surface area contributed by atoms with Crippen molar-refractivity contribution in [2.24, 2.45) is 5.84 Å². The molecule has 0 aliphatic rings. The first kappa shape index (κ1) is 25.1. The zero-order chi connectivity index (χ0) is 27.3. The number of carbonyl (C=O) groups excluding carboxylic acids is 1. The summed E-state index contributed by atoms with van der Waals surface area (Å²) in [6.07, 6.45) is 0. The van der Waals surface area contributed by atoms with Crippen LogP contribution in [0.3, 0.4) is 0 Å². The van der Waals surface area contributed by atoms with Crippen LogP contribution in [0, 0.1) is 0 Å². The molecule has 0 fully saturated rings. The monoisotopic (exact) mass is 516 g/mol. The summed E-state index contributed by atoms with van der Waals surface area (Å²) < 4.78 is 0. The van der Waals surface area contributed by atoms with Gasteiger partial charge in [0, 0.05) is 5.56 Å². The summed E-state index contributed by atoms with van der Waals surface area (Å²) in [6.45, 7) is 0. The summed E-state index contributed by atoms with van der Waals surface area (Å²) in [6, 6.07) is 52.2. The summed E-state index contributed by atoms with van der Waals surface area (Å²) in [5.74, 6) is 5.10. The average Bonchev–Trinajstić information content (AvgIpc) is 3.05. The highest BCUT2D eigenvalue weighted by Crippen LogP contribution is 2.50. The number of nitrogens with one attached hydrogen (secondary N) is 1. The normalized spacial score (nSPS) is 10.7. The number of benzene rings is 6. The number of hydrazine groups is 1. The quantitative estimate of drug-likeness (QED) is 0.132. The smallest absolute Gasteiger partial charge is 0.265 e. The van der Waals surface area contributed by atoms with E-state index in [1.165, 1.54) is 0 Å². The molecule has 0 saturated carbocycles. The van der Waals surface area contributed by atoms with E-state index < -0.39 is 0 Å². The SMILES string of the molecule is NNC(=O)c1ccc(-c2c(-c3ccccc3)c(-c3ccccc3)cc(-c3ccccc3)c2-c2ccccc2)cc1. The van der Waals surface area contributed by atoms with Gasteiger partial charge in [-0.2, -0.15) is 0 Å². The number of amides is 1. The third-order valence-corrected chi connectivity index (χ3v) is 7.19. The molecule has 0 atom stereocenters. The van der Waals surface area contributed by atoms with Crippen molar-refractivity contribution in [2.45, 2.75) is 0 Å². The topological polar surface area (TPSA) is 55.1 Å². The fourth-order valence-electron chi connectivity index (χ4n) is 5.34. The van der Waals surface area contributed by atoms with Crippen molar-refractivity contribution in [3.8, 4) is 55.6 Å². The third kappa shape index (κ3) is 4.82. The molecule has 0 bridgehead atoms. The Hall–Kier alpha value is -5.25.